The van der Waals surface area contributed by atoms with Crippen LogP contribution in [0.5, 0.6) is 0 Å². The minimum Gasteiger partial charge on any atom is -0.311 e. The lowest BCUT2D eigenvalue weighted by Crippen LogP contribution is -2.12. The van der Waals surface area contributed by atoms with Crippen LogP contribution in [0.15, 0.2) is 30.5 Å². The van der Waals surface area contributed by atoms with Gasteiger partial charge in [0.2, 0.25) is 5.91 Å². The van der Waals surface area contributed by atoms with Crippen molar-refractivity contribution in [3.63, 3.8) is 0 Å². The minimum atomic E-state index is -3.09. The SMILES string of the molecule is CC(=O)Nc1cc2c(cn1)c([C@@H]1C[C@H]1C#N)nn2-c1cccc(C(C)(F)F)n1. The zero-order valence-corrected chi connectivity index (χ0v) is 15.1. The third kappa shape index (κ3) is 3.17. The van der Waals surface area contributed by atoms with Crippen molar-refractivity contribution in [2.75, 3.05) is 5.32 Å². The average molecular weight is 382 g/mol. The first-order valence-electron chi connectivity index (χ1n) is 8.69. The molecule has 142 valence electrons. The summed E-state index contributed by atoms with van der Waals surface area (Å²) in [5, 5.41) is 17.0. The van der Waals surface area contributed by atoms with Gasteiger partial charge in [0, 0.05) is 37.4 Å². The summed E-state index contributed by atoms with van der Waals surface area (Å²) >= 11 is 0. The molecule has 1 saturated carbocycles. The molecule has 3 aromatic rings. The molecular weight excluding hydrogens is 366 g/mol. The Balaban J connectivity index is 1.89. The van der Waals surface area contributed by atoms with E-state index in [-0.39, 0.29) is 29.3 Å². The Morgan fingerprint density at radius 1 is 1.43 bits per heavy atom. The molecule has 4 rings (SSSR count). The zero-order valence-electron chi connectivity index (χ0n) is 15.1. The molecular formula is C19H16F2N6O. The fraction of sp³-hybridized carbons (Fsp3) is 0.316. The molecule has 0 unspecified atom stereocenters. The van der Waals surface area contributed by atoms with Crippen LogP contribution in [0.1, 0.15) is 37.6 Å². The molecule has 0 aliphatic heterocycles. The smallest absolute Gasteiger partial charge is 0.287 e. The molecule has 1 aliphatic rings. The summed E-state index contributed by atoms with van der Waals surface area (Å²) < 4.78 is 28.9. The number of carbonyl (C=O) groups is 1. The number of aromatic nitrogens is 4. The normalized spacial score (nSPS) is 18.7. The molecule has 28 heavy (non-hydrogen) atoms. The van der Waals surface area contributed by atoms with Gasteiger partial charge in [-0.3, -0.25) is 4.79 Å². The van der Waals surface area contributed by atoms with Gasteiger partial charge in [0.15, 0.2) is 5.82 Å². The van der Waals surface area contributed by atoms with E-state index in [1.165, 1.54) is 23.7 Å². The molecule has 7 nitrogen and oxygen atoms in total. The lowest BCUT2D eigenvalue weighted by molar-refractivity contribution is -0.114. The maximum atomic E-state index is 13.7. The second kappa shape index (κ2) is 6.34. The second-order valence-electron chi connectivity index (χ2n) is 6.91. The second-order valence-corrected chi connectivity index (χ2v) is 6.91. The fourth-order valence-electron chi connectivity index (χ4n) is 3.16. The van der Waals surface area contributed by atoms with Crippen molar-refractivity contribution in [2.45, 2.75) is 32.1 Å². The molecule has 0 saturated heterocycles. The number of nitriles is 1. The van der Waals surface area contributed by atoms with Crippen molar-refractivity contribution in [2.24, 2.45) is 5.92 Å². The largest absolute Gasteiger partial charge is 0.311 e. The number of nitrogens with one attached hydrogen (secondary N) is 1. The number of halogens is 2. The van der Waals surface area contributed by atoms with Gasteiger partial charge in [-0.15, -0.1) is 0 Å². The lowest BCUT2D eigenvalue weighted by Gasteiger charge is -2.11. The highest BCUT2D eigenvalue weighted by molar-refractivity contribution is 5.91. The summed E-state index contributed by atoms with van der Waals surface area (Å²) in [7, 11) is 0. The van der Waals surface area contributed by atoms with Gasteiger partial charge in [-0.2, -0.15) is 19.1 Å². The quantitative estimate of drug-likeness (QED) is 0.745. The number of anilines is 1. The van der Waals surface area contributed by atoms with Gasteiger partial charge in [0.25, 0.3) is 5.92 Å². The zero-order chi connectivity index (χ0) is 20.1. The Kier molecular flexibility index (Phi) is 4.07. The molecule has 3 heterocycles. The lowest BCUT2D eigenvalue weighted by atomic mass is 10.1. The highest BCUT2D eigenvalue weighted by Gasteiger charge is 2.42. The number of fused-ring (bicyclic) bond motifs is 1. The average Bonchev–Trinajstić information content (AvgIpc) is 3.33. The Bertz CT molecular complexity index is 1130. The molecule has 1 fully saturated rings. The van der Waals surface area contributed by atoms with Crippen LogP contribution in [0.2, 0.25) is 0 Å². The minimum absolute atomic E-state index is 0.0297. The van der Waals surface area contributed by atoms with Crippen molar-refractivity contribution in [1.29, 1.82) is 5.26 Å². The topological polar surface area (TPSA) is 96.5 Å². The van der Waals surface area contributed by atoms with E-state index < -0.39 is 5.92 Å². The summed E-state index contributed by atoms with van der Waals surface area (Å²) in [5.74, 6) is -2.98. The van der Waals surface area contributed by atoms with Crippen molar-refractivity contribution in [1.82, 2.24) is 19.7 Å². The number of rotatable bonds is 4. The summed E-state index contributed by atoms with van der Waals surface area (Å²) in [6.45, 7) is 2.15. The van der Waals surface area contributed by atoms with Crippen LogP contribution in [0.3, 0.4) is 0 Å². The maximum absolute atomic E-state index is 13.7. The van der Waals surface area contributed by atoms with E-state index in [2.05, 4.69) is 26.5 Å². The molecule has 0 aromatic carbocycles. The van der Waals surface area contributed by atoms with Gasteiger partial charge in [0.1, 0.15) is 11.5 Å². The third-order valence-corrected chi connectivity index (χ3v) is 4.61. The number of amides is 1. The molecule has 1 N–H and O–H groups in total. The monoisotopic (exact) mass is 382 g/mol. The highest BCUT2D eigenvalue weighted by atomic mass is 19.3. The summed E-state index contributed by atoms with van der Waals surface area (Å²) in [4.78, 5) is 19.6. The van der Waals surface area contributed by atoms with Crippen molar-refractivity contribution in [3.8, 4) is 11.9 Å². The van der Waals surface area contributed by atoms with E-state index in [4.69, 9.17) is 5.26 Å². The van der Waals surface area contributed by atoms with Gasteiger partial charge >= 0.3 is 0 Å². The maximum Gasteiger partial charge on any atom is 0.287 e. The fourth-order valence-corrected chi connectivity index (χ4v) is 3.16. The van der Waals surface area contributed by atoms with E-state index in [1.807, 2.05) is 0 Å². The van der Waals surface area contributed by atoms with Crippen LogP contribution in [-0.2, 0) is 10.7 Å². The van der Waals surface area contributed by atoms with Crippen LogP contribution in [-0.4, -0.2) is 25.7 Å². The predicted octanol–water partition coefficient (Wildman–Crippen LogP) is 3.51. The van der Waals surface area contributed by atoms with Crippen molar-refractivity contribution >= 4 is 22.6 Å². The predicted molar refractivity (Wildman–Crippen MR) is 97.0 cm³/mol. The van der Waals surface area contributed by atoms with Crippen LogP contribution in [0.4, 0.5) is 14.6 Å². The first kappa shape index (κ1) is 18.0. The number of pyridine rings is 2. The first-order valence-corrected chi connectivity index (χ1v) is 8.69. The van der Waals surface area contributed by atoms with E-state index in [0.717, 1.165) is 6.92 Å². The van der Waals surface area contributed by atoms with Crippen LogP contribution in [0, 0.1) is 17.2 Å². The Hall–Kier alpha value is -3.41. The van der Waals surface area contributed by atoms with E-state index in [0.29, 0.717) is 28.8 Å². The van der Waals surface area contributed by atoms with E-state index in [1.54, 1.807) is 18.3 Å². The number of alkyl halides is 2. The van der Waals surface area contributed by atoms with Gasteiger partial charge in [-0.1, -0.05) is 6.07 Å². The summed E-state index contributed by atoms with van der Waals surface area (Å²) in [6, 6.07) is 8.18. The van der Waals surface area contributed by atoms with Crippen LogP contribution >= 0.6 is 0 Å². The summed E-state index contributed by atoms with van der Waals surface area (Å²) in [5.41, 5.74) is 0.882. The number of nitrogens with zero attached hydrogens (tertiary/aromatic N) is 5. The number of hydrogen-bond acceptors (Lipinski definition) is 5. The van der Waals surface area contributed by atoms with E-state index in [9.17, 15) is 13.6 Å². The molecule has 1 amide bonds. The van der Waals surface area contributed by atoms with Crippen molar-refractivity contribution in [3.05, 3.63) is 41.9 Å². The number of carbonyl (C=O) groups excluding carboxylic acids is 1. The Labute approximate surface area is 159 Å². The Morgan fingerprint density at radius 3 is 2.86 bits per heavy atom. The molecule has 1 aliphatic carbocycles. The standard InChI is InChI=1S/C19H16F2N6O/c1-10(28)24-16-7-14-13(9-23-16)18(12-6-11(12)8-22)26-27(14)17-5-3-4-15(25-17)19(2,20)21/h3-5,7,9,11-12H,6H2,1-2H3,(H,23,24,28)/t11-,12+/m0/s1. The third-order valence-electron chi connectivity index (χ3n) is 4.61. The van der Waals surface area contributed by atoms with Gasteiger partial charge in [-0.25, -0.2) is 14.6 Å². The molecule has 2 atom stereocenters. The van der Waals surface area contributed by atoms with Gasteiger partial charge in [-0.05, 0) is 18.6 Å². The molecule has 3 aromatic heterocycles. The van der Waals surface area contributed by atoms with Gasteiger partial charge < -0.3 is 5.32 Å². The van der Waals surface area contributed by atoms with Crippen molar-refractivity contribution < 1.29 is 13.6 Å². The molecule has 0 radical (unpaired) electrons. The highest BCUT2D eigenvalue weighted by Crippen LogP contribution is 2.48. The van der Waals surface area contributed by atoms with Gasteiger partial charge in [0.05, 0.1) is 23.2 Å². The summed E-state index contributed by atoms with van der Waals surface area (Å²) in [6.07, 6.45) is 2.26. The Morgan fingerprint density at radius 2 is 2.21 bits per heavy atom. The van der Waals surface area contributed by atoms with Crippen LogP contribution < -0.4 is 5.32 Å². The van der Waals surface area contributed by atoms with E-state index >= 15 is 0 Å². The molecule has 0 spiro atoms. The molecule has 0 bridgehead atoms. The number of hydrogen-bond donors (Lipinski definition) is 1. The first-order chi connectivity index (χ1) is 13.3. The molecule has 9 heteroatoms. The van der Waals surface area contributed by atoms with Crippen LogP contribution in [0.25, 0.3) is 16.7 Å².